The second-order valence-electron chi connectivity index (χ2n) is 8.53. The van der Waals surface area contributed by atoms with Crippen LogP contribution in [0, 0.1) is 0 Å². The summed E-state index contributed by atoms with van der Waals surface area (Å²) in [5.41, 5.74) is 4.68. The summed E-state index contributed by atoms with van der Waals surface area (Å²) in [6.07, 6.45) is 10.2. The van der Waals surface area contributed by atoms with Gasteiger partial charge in [-0.15, -0.1) is 0 Å². The van der Waals surface area contributed by atoms with E-state index in [1.807, 2.05) is 18.2 Å². The summed E-state index contributed by atoms with van der Waals surface area (Å²) in [5, 5.41) is 0. The van der Waals surface area contributed by atoms with E-state index >= 15 is 0 Å². The lowest BCUT2D eigenvalue weighted by atomic mass is 9.84. The first-order chi connectivity index (χ1) is 12.4. The molecule has 0 aromatic heterocycles. The van der Waals surface area contributed by atoms with Crippen LogP contribution in [-0.2, 0) is 5.41 Å². The molecular formula is C25H30O. The Labute approximate surface area is 158 Å². The van der Waals surface area contributed by atoms with Crippen molar-refractivity contribution in [2.75, 3.05) is 0 Å². The van der Waals surface area contributed by atoms with Gasteiger partial charge in [-0.2, -0.15) is 0 Å². The van der Waals surface area contributed by atoms with Crippen LogP contribution in [0.2, 0.25) is 0 Å². The molecule has 3 rings (SSSR count). The zero-order chi connectivity index (χ0) is 18.6. The second-order valence-corrected chi connectivity index (χ2v) is 8.53. The summed E-state index contributed by atoms with van der Waals surface area (Å²) in [7, 11) is 0. The summed E-state index contributed by atoms with van der Waals surface area (Å²) < 4.78 is 0. The maximum Gasteiger partial charge on any atom is 0.185 e. The molecule has 0 atom stereocenters. The van der Waals surface area contributed by atoms with Crippen LogP contribution < -0.4 is 0 Å². The Kier molecular flexibility index (Phi) is 5.76. The SMILES string of the molecule is CC(C)(C)c1ccc(C=CC(=O)c2ccc(C3CCCCC3)cc2)cc1. The number of hydrogen-bond acceptors (Lipinski definition) is 1. The molecule has 0 aliphatic heterocycles. The van der Waals surface area contributed by atoms with Crippen molar-refractivity contribution in [3.8, 4) is 0 Å². The second kappa shape index (κ2) is 8.03. The van der Waals surface area contributed by atoms with Crippen molar-refractivity contribution in [2.45, 2.75) is 64.2 Å². The predicted octanol–water partition coefficient (Wildman–Crippen LogP) is 6.93. The zero-order valence-corrected chi connectivity index (χ0v) is 16.3. The van der Waals surface area contributed by atoms with Crippen molar-refractivity contribution in [3.63, 3.8) is 0 Å². The van der Waals surface area contributed by atoms with Crippen molar-refractivity contribution in [3.05, 3.63) is 76.9 Å². The summed E-state index contributed by atoms with van der Waals surface area (Å²) in [6.45, 7) is 6.62. The van der Waals surface area contributed by atoms with Gasteiger partial charge in [-0.1, -0.05) is 94.6 Å². The van der Waals surface area contributed by atoms with E-state index in [0.717, 1.165) is 11.1 Å². The third kappa shape index (κ3) is 4.72. The van der Waals surface area contributed by atoms with Crippen molar-refractivity contribution >= 4 is 11.9 Å². The van der Waals surface area contributed by atoms with Crippen LogP contribution in [-0.4, -0.2) is 5.78 Å². The molecular weight excluding hydrogens is 316 g/mol. The van der Waals surface area contributed by atoms with Crippen LogP contribution in [0.4, 0.5) is 0 Å². The van der Waals surface area contributed by atoms with Gasteiger partial charge in [0.25, 0.3) is 0 Å². The molecule has 1 aliphatic rings. The first-order valence-corrected chi connectivity index (χ1v) is 9.86. The third-order valence-electron chi connectivity index (χ3n) is 5.48. The van der Waals surface area contributed by atoms with Crippen LogP contribution in [0.15, 0.2) is 54.6 Å². The lowest BCUT2D eigenvalue weighted by molar-refractivity contribution is 0.104. The first kappa shape index (κ1) is 18.6. The van der Waals surface area contributed by atoms with E-state index in [-0.39, 0.29) is 11.2 Å². The number of carbonyl (C=O) groups excluding carboxylic acids is 1. The highest BCUT2D eigenvalue weighted by Gasteiger charge is 2.15. The maximum absolute atomic E-state index is 12.4. The monoisotopic (exact) mass is 346 g/mol. The Hall–Kier alpha value is -2.15. The van der Waals surface area contributed by atoms with Gasteiger partial charge in [-0.3, -0.25) is 4.79 Å². The average molecular weight is 347 g/mol. The van der Waals surface area contributed by atoms with Gasteiger partial charge in [-0.25, -0.2) is 0 Å². The molecule has 136 valence electrons. The third-order valence-corrected chi connectivity index (χ3v) is 5.48. The highest BCUT2D eigenvalue weighted by Crippen LogP contribution is 2.32. The van der Waals surface area contributed by atoms with Gasteiger partial charge in [-0.05, 0) is 46.9 Å². The molecule has 0 bridgehead atoms. The largest absolute Gasteiger partial charge is 0.289 e. The van der Waals surface area contributed by atoms with Gasteiger partial charge in [0.1, 0.15) is 0 Å². The average Bonchev–Trinajstić information content (AvgIpc) is 2.66. The van der Waals surface area contributed by atoms with Crippen LogP contribution in [0.1, 0.15) is 85.8 Å². The fraction of sp³-hybridized carbons (Fsp3) is 0.400. The fourth-order valence-electron chi connectivity index (χ4n) is 3.72. The minimum absolute atomic E-state index is 0.0695. The number of ketones is 1. The molecule has 0 spiro atoms. The van der Waals surface area contributed by atoms with Gasteiger partial charge in [0.05, 0.1) is 0 Å². The molecule has 2 aromatic carbocycles. The molecule has 0 radical (unpaired) electrons. The Morgan fingerprint density at radius 2 is 1.50 bits per heavy atom. The predicted molar refractivity (Wildman–Crippen MR) is 111 cm³/mol. The molecule has 0 N–H and O–H groups in total. The number of rotatable bonds is 4. The summed E-state index contributed by atoms with van der Waals surface area (Å²) >= 11 is 0. The van der Waals surface area contributed by atoms with E-state index < -0.39 is 0 Å². The van der Waals surface area contributed by atoms with Crippen LogP contribution in [0.5, 0.6) is 0 Å². The first-order valence-electron chi connectivity index (χ1n) is 9.86. The number of hydrogen-bond donors (Lipinski definition) is 0. The standard InChI is InChI=1S/C25H30O/c1-25(2,3)23-16-9-19(10-17-23)11-18-24(26)22-14-12-21(13-15-22)20-7-5-4-6-8-20/h9-18,20H,4-8H2,1-3H3. The van der Waals surface area contributed by atoms with E-state index in [1.54, 1.807) is 6.08 Å². The topological polar surface area (TPSA) is 17.1 Å². The fourth-order valence-corrected chi connectivity index (χ4v) is 3.72. The molecule has 1 fully saturated rings. The normalized spacial score (nSPS) is 16.1. The molecule has 1 heteroatoms. The molecule has 1 saturated carbocycles. The van der Waals surface area contributed by atoms with E-state index in [2.05, 4.69) is 57.2 Å². The van der Waals surface area contributed by atoms with Crippen LogP contribution >= 0.6 is 0 Å². The molecule has 0 saturated heterocycles. The van der Waals surface area contributed by atoms with Gasteiger partial charge < -0.3 is 0 Å². The van der Waals surface area contributed by atoms with Gasteiger partial charge >= 0.3 is 0 Å². The Bertz CT molecular complexity index is 751. The molecule has 26 heavy (non-hydrogen) atoms. The minimum Gasteiger partial charge on any atom is -0.289 e. The Morgan fingerprint density at radius 3 is 2.08 bits per heavy atom. The summed E-state index contributed by atoms with van der Waals surface area (Å²) in [4.78, 5) is 12.4. The quantitative estimate of drug-likeness (QED) is 0.433. The lowest BCUT2D eigenvalue weighted by Gasteiger charge is -2.21. The molecule has 1 aliphatic carbocycles. The summed E-state index contributed by atoms with van der Waals surface area (Å²) in [5.74, 6) is 0.755. The molecule has 2 aromatic rings. The van der Waals surface area contributed by atoms with Gasteiger partial charge in [0, 0.05) is 5.56 Å². The zero-order valence-electron chi connectivity index (χ0n) is 16.3. The maximum atomic E-state index is 12.4. The van der Waals surface area contributed by atoms with Crippen molar-refractivity contribution < 1.29 is 4.79 Å². The molecule has 0 amide bonds. The van der Waals surface area contributed by atoms with Crippen molar-refractivity contribution in [1.29, 1.82) is 0 Å². The summed E-state index contributed by atoms with van der Waals surface area (Å²) in [6, 6.07) is 16.7. The van der Waals surface area contributed by atoms with E-state index in [9.17, 15) is 4.79 Å². The molecule has 1 nitrogen and oxygen atoms in total. The highest BCUT2D eigenvalue weighted by atomic mass is 16.1. The smallest absolute Gasteiger partial charge is 0.185 e. The van der Waals surface area contributed by atoms with Crippen molar-refractivity contribution in [1.82, 2.24) is 0 Å². The minimum atomic E-state index is 0.0695. The van der Waals surface area contributed by atoms with Gasteiger partial charge in [0.2, 0.25) is 0 Å². The van der Waals surface area contributed by atoms with E-state index in [0.29, 0.717) is 5.92 Å². The van der Waals surface area contributed by atoms with Gasteiger partial charge in [0.15, 0.2) is 5.78 Å². The lowest BCUT2D eigenvalue weighted by Crippen LogP contribution is -2.10. The highest BCUT2D eigenvalue weighted by molar-refractivity contribution is 6.06. The Balaban J connectivity index is 1.64. The van der Waals surface area contributed by atoms with E-state index in [1.165, 1.54) is 43.2 Å². The molecule has 0 unspecified atom stereocenters. The van der Waals surface area contributed by atoms with Crippen molar-refractivity contribution in [2.24, 2.45) is 0 Å². The number of benzene rings is 2. The molecule has 0 heterocycles. The number of allylic oxidation sites excluding steroid dienone is 1. The van der Waals surface area contributed by atoms with E-state index in [4.69, 9.17) is 0 Å². The number of carbonyl (C=O) groups is 1. The van der Waals surface area contributed by atoms with Crippen LogP contribution in [0.3, 0.4) is 0 Å². The van der Waals surface area contributed by atoms with Crippen LogP contribution in [0.25, 0.3) is 6.08 Å². The Morgan fingerprint density at radius 1 is 0.885 bits per heavy atom.